The van der Waals surface area contributed by atoms with Crippen molar-refractivity contribution in [1.29, 1.82) is 0 Å². The largest absolute Gasteiger partial charge is 0.375 e. The van der Waals surface area contributed by atoms with E-state index in [0.717, 1.165) is 6.54 Å². The Morgan fingerprint density at radius 2 is 2.22 bits per heavy atom. The highest BCUT2D eigenvalue weighted by Crippen LogP contribution is 2.03. The van der Waals surface area contributed by atoms with Crippen LogP contribution in [0.25, 0.3) is 0 Å². The van der Waals surface area contributed by atoms with Crippen LogP contribution in [0, 0.1) is 0 Å². The molecule has 6 heteroatoms. The Bertz CT molecular complexity index is 288. The molecule has 1 atom stereocenters. The molecule has 1 heterocycles. The molecular formula is C12H23N3O3. The average molecular weight is 257 g/mol. The van der Waals surface area contributed by atoms with Gasteiger partial charge in [-0.2, -0.15) is 0 Å². The number of rotatable bonds is 5. The number of nitrogens with one attached hydrogen (secondary N) is 2. The van der Waals surface area contributed by atoms with Gasteiger partial charge in [-0.15, -0.1) is 0 Å². The zero-order valence-corrected chi connectivity index (χ0v) is 11.4. The minimum atomic E-state index is -0.136. The first-order valence-corrected chi connectivity index (χ1v) is 6.34. The molecule has 0 saturated carbocycles. The second kappa shape index (κ2) is 7.33. The number of carbonyl (C=O) groups excluding carboxylic acids is 2. The van der Waals surface area contributed by atoms with Crippen molar-refractivity contribution in [3.63, 3.8) is 0 Å². The van der Waals surface area contributed by atoms with Crippen LogP contribution in [0.3, 0.4) is 0 Å². The fourth-order valence-electron chi connectivity index (χ4n) is 1.77. The molecule has 0 bridgehead atoms. The molecule has 2 amide bonds. The van der Waals surface area contributed by atoms with Gasteiger partial charge in [0.2, 0.25) is 11.8 Å². The molecule has 6 nitrogen and oxygen atoms in total. The van der Waals surface area contributed by atoms with Crippen molar-refractivity contribution in [3.8, 4) is 0 Å². The number of ether oxygens (including phenoxy) is 1. The fraction of sp³-hybridized carbons (Fsp3) is 0.833. The second-order valence-electron chi connectivity index (χ2n) is 4.87. The van der Waals surface area contributed by atoms with Crippen LogP contribution in [-0.2, 0) is 14.3 Å². The van der Waals surface area contributed by atoms with E-state index in [2.05, 4.69) is 10.6 Å². The second-order valence-corrected chi connectivity index (χ2v) is 4.87. The molecule has 1 unspecified atom stereocenters. The van der Waals surface area contributed by atoms with Crippen molar-refractivity contribution in [3.05, 3.63) is 0 Å². The zero-order valence-electron chi connectivity index (χ0n) is 11.4. The number of hydrogen-bond acceptors (Lipinski definition) is 4. The molecule has 1 rings (SSSR count). The van der Waals surface area contributed by atoms with Crippen LogP contribution in [-0.4, -0.2) is 62.1 Å². The maximum atomic E-state index is 11.9. The minimum Gasteiger partial charge on any atom is -0.375 e. The topological polar surface area (TPSA) is 70.7 Å². The zero-order chi connectivity index (χ0) is 13.5. The van der Waals surface area contributed by atoms with Crippen LogP contribution in [0.5, 0.6) is 0 Å². The number of amides is 2. The highest BCUT2D eigenvalue weighted by Gasteiger charge is 2.20. The Labute approximate surface area is 108 Å². The summed E-state index contributed by atoms with van der Waals surface area (Å²) in [4.78, 5) is 24.8. The lowest BCUT2D eigenvalue weighted by Crippen LogP contribution is -2.44. The lowest BCUT2D eigenvalue weighted by Gasteiger charge is -2.25. The van der Waals surface area contributed by atoms with E-state index >= 15 is 0 Å². The Morgan fingerprint density at radius 1 is 1.50 bits per heavy atom. The summed E-state index contributed by atoms with van der Waals surface area (Å²) in [7, 11) is 1.64. The van der Waals surface area contributed by atoms with Crippen LogP contribution in [0.1, 0.15) is 20.3 Å². The van der Waals surface area contributed by atoms with Gasteiger partial charge in [-0.05, 0) is 13.8 Å². The summed E-state index contributed by atoms with van der Waals surface area (Å²) in [6.07, 6.45) is 0.236. The van der Waals surface area contributed by atoms with Gasteiger partial charge < -0.3 is 20.3 Å². The summed E-state index contributed by atoms with van der Waals surface area (Å²) >= 11 is 0. The summed E-state index contributed by atoms with van der Waals surface area (Å²) in [6.45, 7) is 6.03. The Kier molecular flexibility index (Phi) is 6.07. The third-order valence-electron chi connectivity index (χ3n) is 2.66. The quantitative estimate of drug-likeness (QED) is 0.686. The molecule has 0 aromatic heterocycles. The molecule has 0 radical (unpaired) electrons. The molecule has 1 aliphatic rings. The van der Waals surface area contributed by atoms with Gasteiger partial charge in [0, 0.05) is 26.2 Å². The predicted octanol–water partition coefficient (Wildman–Crippen LogP) is -0.652. The Morgan fingerprint density at radius 3 is 2.78 bits per heavy atom. The number of nitrogens with zero attached hydrogens (tertiary/aromatic N) is 1. The van der Waals surface area contributed by atoms with E-state index in [9.17, 15) is 9.59 Å². The first kappa shape index (κ1) is 14.9. The number of likely N-dealkylation sites (N-methyl/N-ethyl adjacent to an activating group) is 1. The first-order valence-electron chi connectivity index (χ1n) is 6.34. The molecule has 0 aromatic rings. The van der Waals surface area contributed by atoms with Crippen molar-refractivity contribution in [2.75, 3.05) is 33.3 Å². The van der Waals surface area contributed by atoms with Gasteiger partial charge in [0.25, 0.3) is 0 Å². The van der Waals surface area contributed by atoms with Crippen LogP contribution in [0.15, 0.2) is 0 Å². The smallest absolute Gasteiger partial charge is 0.239 e. The monoisotopic (exact) mass is 257 g/mol. The van der Waals surface area contributed by atoms with Gasteiger partial charge in [-0.1, -0.05) is 0 Å². The van der Waals surface area contributed by atoms with Gasteiger partial charge >= 0.3 is 0 Å². The van der Waals surface area contributed by atoms with Crippen molar-refractivity contribution >= 4 is 11.8 Å². The van der Waals surface area contributed by atoms with Crippen LogP contribution in [0.4, 0.5) is 0 Å². The summed E-state index contributed by atoms with van der Waals surface area (Å²) < 4.78 is 5.46. The van der Waals surface area contributed by atoms with E-state index in [1.54, 1.807) is 7.05 Å². The number of hydrogen-bond donors (Lipinski definition) is 2. The summed E-state index contributed by atoms with van der Waals surface area (Å²) in [5.41, 5.74) is 0. The SMILES string of the molecule is CC(C)NC(=O)CN(C)C(=O)CC1CNCCO1. The van der Waals surface area contributed by atoms with Crippen molar-refractivity contribution in [1.82, 2.24) is 15.5 Å². The molecule has 0 spiro atoms. The molecule has 1 saturated heterocycles. The van der Waals surface area contributed by atoms with Gasteiger partial charge in [0.15, 0.2) is 0 Å². The summed E-state index contributed by atoms with van der Waals surface area (Å²) in [6, 6.07) is 0.0897. The number of morpholine rings is 1. The summed E-state index contributed by atoms with van der Waals surface area (Å²) in [5, 5.41) is 5.93. The Hall–Kier alpha value is -1.14. The van der Waals surface area contributed by atoms with E-state index in [1.165, 1.54) is 4.90 Å². The molecule has 104 valence electrons. The van der Waals surface area contributed by atoms with Crippen molar-refractivity contribution in [2.45, 2.75) is 32.4 Å². The van der Waals surface area contributed by atoms with Gasteiger partial charge in [-0.3, -0.25) is 9.59 Å². The highest BCUT2D eigenvalue weighted by atomic mass is 16.5. The fourth-order valence-corrected chi connectivity index (χ4v) is 1.77. The van der Waals surface area contributed by atoms with Crippen LogP contribution in [0.2, 0.25) is 0 Å². The van der Waals surface area contributed by atoms with Gasteiger partial charge in [0.05, 0.1) is 25.7 Å². The van der Waals surface area contributed by atoms with Crippen molar-refractivity contribution in [2.24, 2.45) is 0 Å². The molecule has 1 fully saturated rings. The predicted molar refractivity (Wildman–Crippen MR) is 68.1 cm³/mol. The molecular weight excluding hydrogens is 234 g/mol. The Balaban J connectivity index is 2.29. The molecule has 2 N–H and O–H groups in total. The maximum Gasteiger partial charge on any atom is 0.239 e. The van der Waals surface area contributed by atoms with E-state index < -0.39 is 0 Å². The van der Waals surface area contributed by atoms with Gasteiger partial charge in [0.1, 0.15) is 0 Å². The third kappa shape index (κ3) is 5.46. The van der Waals surface area contributed by atoms with E-state index in [1.807, 2.05) is 13.8 Å². The number of carbonyl (C=O) groups is 2. The maximum absolute atomic E-state index is 11.9. The van der Waals surface area contributed by atoms with Crippen LogP contribution >= 0.6 is 0 Å². The van der Waals surface area contributed by atoms with Gasteiger partial charge in [-0.25, -0.2) is 0 Å². The average Bonchev–Trinajstić information content (AvgIpc) is 2.28. The normalized spacial score (nSPS) is 19.7. The highest BCUT2D eigenvalue weighted by molar-refractivity contribution is 5.84. The van der Waals surface area contributed by atoms with E-state index in [4.69, 9.17) is 4.74 Å². The molecule has 0 aliphatic carbocycles. The first-order chi connectivity index (χ1) is 8.49. The third-order valence-corrected chi connectivity index (χ3v) is 2.66. The van der Waals surface area contributed by atoms with E-state index in [0.29, 0.717) is 19.6 Å². The lowest BCUT2D eigenvalue weighted by molar-refractivity contribution is -0.137. The molecule has 0 aromatic carbocycles. The minimum absolute atomic E-state index is 0.0670. The van der Waals surface area contributed by atoms with Crippen molar-refractivity contribution < 1.29 is 14.3 Å². The standard InChI is InChI=1S/C12H23N3O3/c1-9(2)14-11(16)8-15(3)12(17)6-10-7-13-4-5-18-10/h9-10,13H,4-8H2,1-3H3,(H,14,16). The molecule has 18 heavy (non-hydrogen) atoms. The lowest BCUT2D eigenvalue weighted by atomic mass is 10.2. The summed E-state index contributed by atoms with van der Waals surface area (Å²) in [5.74, 6) is -0.203. The van der Waals surface area contributed by atoms with E-state index in [-0.39, 0.29) is 30.5 Å². The van der Waals surface area contributed by atoms with Crippen LogP contribution < -0.4 is 10.6 Å². The molecule has 1 aliphatic heterocycles.